The van der Waals surface area contributed by atoms with E-state index in [0.29, 0.717) is 56.0 Å². The molecule has 0 aliphatic heterocycles. The molecule has 1 aromatic carbocycles. The number of ether oxygens (including phenoxy) is 3. The highest BCUT2D eigenvalue weighted by molar-refractivity contribution is 5.80. The van der Waals surface area contributed by atoms with Gasteiger partial charge in [0, 0.05) is 31.6 Å². The smallest absolute Gasteiger partial charge is 0.223 e. The number of carbonyl (C=O) groups excluding carboxylic acids is 1. The highest BCUT2D eigenvalue weighted by Crippen LogP contribution is 2.42. The fourth-order valence-electron chi connectivity index (χ4n) is 5.68. The number of hydrogen-bond donors (Lipinski definition) is 3. The molecule has 2 rings (SSSR count). The van der Waals surface area contributed by atoms with Gasteiger partial charge in [-0.2, -0.15) is 0 Å². The Bertz CT molecular complexity index is 811. The number of amides is 1. The van der Waals surface area contributed by atoms with Crippen LogP contribution in [0, 0.1) is 23.2 Å². The molecule has 0 aromatic heterocycles. The minimum absolute atomic E-state index is 0.250. The van der Waals surface area contributed by atoms with Gasteiger partial charge in [0.1, 0.15) is 0 Å². The van der Waals surface area contributed by atoms with Gasteiger partial charge < -0.3 is 30.8 Å². The summed E-state index contributed by atoms with van der Waals surface area (Å²) in [5, 5.41) is 11.0. The molecule has 4 atom stereocenters. The van der Waals surface area contributed by atoms with Gasteiger partial charge in [-0.25, -0.2) is 0 Å². The van der Waals surface area contributed by atoms with Crippen molar-refractivity contribution in [2.75, 3.05) is 27.4 Å². The van der Waals surface area contributed by atoms with E-state index in [2.05, 4.69) is 19.9 Å². The Hall–Kier alpha value is -1.83. The van der Waals surface area contributed by atoms with Gasteiger partial charge in [0.25, 0.3) is 0 Å². The highest BCUT2D eigenvalue weighted by atomic mass is 16.5. The number of hydrogen-bond acceptors (Lipinski definition) is 6. The number of primary amides is 1. The first-order chi connectivity index (χ1) is 17.6. The summed E-state index contributed by atoms with van der Waals surface area (Å²) in [5.74, 6) is 2.18. The molecular weight excluding hydrogens is 468 g/mol. The van der Waals surface area contributed by atoms with Crippen LogP contribution in [0.25, 0.3) is 0 Å². The fraction of sp³-hybridized carbons (Fsp3) is 0.767. The number of carbonyl (C=O) groups is 1. The third-order valence-electron chi connectivity index (χ3n) is 8.52. The maximum atomic E-state index is 12.4. The molecule has 1 fully saturated rings. The normalized spacial score (nSPS) is 18.7. The van der Waals surface area contributed by atoms with Crippen LogP contribution in [0.4, 0.5) is 0 Å². The molecule has 1 aromatic rings. The minimum atomic E-state index is -0.668. The van der Waals surface area contributed by atoms with E-state index in [1.807, 2.05) is 19.1 Å². The van der Waals surface area contributed by atoms with Crippen molar-refractivity contribution in [2.45, 2.75) is 97.1 Å². The summed E-state index contributed by atoms with van der Waals surface area (Å²) < 4.78 is 16.5. The summed E-state index contributed by atoms with van der Waals surface area (Å²) in [6.45, 7) is 7.59. The summed E-state index contributed by atoms with van der Waals surface area (Å²) in [6.07, 6.45) is 8.34. The molecule has 7 nitrogen and oxygen atoms in total. The molecule has 0 heterocycles. The molecule has 5 N–H and O–H groups in total. The second-order valence-corrected chi connectivity index (χ2v) is 11.5. The second-order valence-electron chi connectivity index (χ2n) is 11.5. The third kappa shape index (κ3) is 9.45. The molecule has 1 aliphatic rings. The van der Waals surface area contributed by atoms with E-state index >= 15 is 0 Å². The van der Waals surface area contributed by atoms with Gasteiger partial charge in [0.15, 0.2) is 11.5 Å². The van der Waals surface area contributed by atoms with Gasteiger partial charge in [0.2, 0.25) is 5.91 Å². The topological polar surface area (TPSA) is 117 Å². The largest absolute Gasteiger partial charge is 0.493 e. The Morgan fingerprint density at radius 3 is 2.43 bits per heavy atom. The van der Waals surface area contributed by atoms with Crippen LogP contribution < -0.4 is 20.9 Å². The fourth-order valence-corrected chi connectivity index (χ4v) is 5.68. The number of aliphatic hydroxyl groups is 1. The van der Waals surface area contributed by atoms with Crippen molar-refractivity contribution in [1.82, 2.24) is 0 Å². The van der Waals surface area contributed by atoms with Crippen molar-refractivity contribution in [3.8, 4) is 11.5 Å². The van der Waals surface area contributed by atoms with Crippen LogP contribution in [0.1, 0.15) is 84.1 Å². The first-order valence-corrected chi connectivity index (χ1v) is 14.1. The predicted molar refractivity (Wildman–Crippen MR) is 149 cm³/mol. The number of aliphatic hydroxyl groups excluding tert-OH is 1. The Morgan fingerprint density at radius 1 is 1.14 bits per heavy atom. The van der Waals surface area contributed by atoms with Gasteiger partial charge >= 0.3 is 0 Å². The van der Waals surface area contributed by atoms with Crippen LogP contribution in [0.15, 0.2) is 18.2 Å². The van der Waals surface area contributed by atoms with Crippen molar-refractivity contribution in [2.24, 2.45) is 34.6 Å². The average Bonchev–Trinajstić information content (AvgIpc) is 2.89. The van der Waals surface area contributed by atoms with Crippen LogP contribution >= 0.6 is 0 Å². The average molecular weight is 521 g/mol. The highest BCUT2D eigenvalue weighted by Gasteiger charge is 2.40. The standard InChI is InChI=1S/C30H52N2O5/c1-21(2)23(18-22-12-13-27(36-5)28(19-22)37-17-9-16-35-4)20-25(31)26(33)14-15-30(3,29(32)34)24-10-7-6-8-11-24/h12-13,19,21,23-26,33H,6-11,14-18,20,31H2,1-5H3,(H2,32,34)/t23-,25-,26-,30?/m0/s1. The van der Waals surface area contributed by atoms with Crippen LogP contribution in [-0.2, 0) is 16.0 Å². The molecule has 7 heteroatoms. The van der Waals surface area contributed by atoms with Gasteiger partial charge in [0.05, 0.1) is 19.8 Å². The molecule has 0 bridgehead atoms. The summed E-state index contributed by atoms with van der Waals surface area (Å²) >= 11 is 0. The van der Waals surface area contributed by atoms with Crippen LogP contribution in [-0.4, -0.2) is 50.6 Å². The zero-order valence-electron chi connectivity index (χ0n) is 23.8. The zero-order valence-corrected chi connectivity index (χ0v) is 23.8. The van der Waals surface area contributed by atoms with Gasteiger partial charge in [-0.15, -0.1) is 0 Å². The molecule has 1 unspecified atom stereocenters. The zero-order chi connectivity index (χ0) is 27.4. The molecule has 1 amide bonds. The summed E-state index contributed by atoms with van der Waals surface area (Å²) in [6, 6.07) is 5.70. The van der Waals surface area contributed by atoms with E-state index in [-0.39, 0.29) is 11.9 Å². The molecule has 212 valence electrons. The lowest BCUT2D eigenvalue weighted by Crippen LogP contribution is -2.44. The van der Waals surface area contributed by atoms with Gasteiger partial charge in [-0.05, 0) is 74.0 Å². The lowest BCUT2D eigenvalue weighted by atomic mass is 9.66. The molecule has 37 heavy (non-hydrogen) atoms. The Kier molecular flexibility index (Phi) is 13.2. The van der Waals surface area contributed by atoms with Crippen molar-refractivity contribution in [1.29, 1.82) is 0 Å². The summed E-state index contributed by atoms with van der Waals surface area (Å²) in [5.41, 5.74) is 13.0. The lowest BCUT2D eigenvalue weighted by molar-refractivity contribution is -0.131. The molecule has 0 spiro atoms. The van der Waals surface area contributed by atoms with Gasteiger partial charge in [-0.1, -0.05) is 46.1 Å². The van der Waals surface area contributed by atoms with Gasteiger partial charge in [-0.3, -0.25) is 4.79 Å². The molecule has 1 saturated carbocycles. The van der Waals surface area contributed by atoms with Crippen molar-refractivity contribution in [3.63, 3.8) is 0 Å². The van der Waals surface area contributed by atoms with E-state index in [4.69, 9.17) is 25.7 Å². The monoisotopic (exact) mass is 520 g/mol. The van der Waals surface area contributed by atoms with Crippen molar-refractivity contribution in [3.05, 3.63) is 23.8 Å². The van der Waals surface area contributed by atoms with E-state index in [1.54, 1.807) is 14.2 Å². The van der Waals surface area contributed by atoms with E-state index in [9.17, 15) is 9.90 Å². The SMILES string of the molecule is COCCCOc1cc(C[C@@H](C[C@H](N)[C@@H](O)CCC(C)(C(N)=O)C2CCCCC2)C(C)C)ccc1OC. The molecule has 1 aliphatic carbocycles. The summed E-state index contributed by atoms with van der Waals surface area (Å²) in [7, 11) is 3.33. The number of nitrogens with two attached hydrogens (primary N) is 2. The number of benzene rings is 1. The van der Waals surface area contributed by atoms with Crippen LogP contribution in [0.5, 0.6) is 11.5 Å². The molecule has 0 saturated heterocycles. The predicted octanol–water partition coefficient (Wildman–Crippen LogP) is 4.86. The maximum absolute atomic E-state index is 12.4. The quantitative estimate of drug-likeness (QED) is 0.253. The number of methoxy groups -OCH3 is 2. The van der Waals surface area contributed by atoms with Crippen LogP contribution in [0.2, 0.25) is 0 Å². The van der Waals surface area contributed by atoms with E-state index < -0.39 is 11.5 Å². The minimum Gasteiger partial charge on any atom is -0.493 e. The second kappa shape index (κ2) is 15.6. The third-order valence-corrected chi connectivity index (χ3v) is 8.52. The Balaban J connectivity index is 2.00. The van der Waals surface area contributed by atoms with E-state index in [1.165, 1.54) is 6.42 Å². The van der Waals surface area contributed by atoms with Crippen LogP contribution in [0.3, 0.4) is 0 Å². The first kappa shape index (κ1) is 31.4. The summed E-state index contributed by atoms with van der Waals surface area (Å²) in [4.78, 5) is 12.4. The Morgan fingerprint density at radius 2 is 1.84 bits per heavy atom. The van der Waals surface area contributed by atoms with E-state index in [0.717, 1.165) is 49.8 Å². The molecule has 0 radical (unpaired) electrons. The number of rotatable bonds is 17. The lowest BCUT2D eigenvalue weighted by Gasteiger charge is -2.38. The Labute approximate surface area is 224 Å². The molecular formula is C30H52N2O5. The first-order valence-electron chi connectivity index (χ1n) is 14.1. The maximum Gasteiger partial charge on any atom is 0.223 e. The van der Waals surface area contributed by atoms with Crippen molar-refractivity contribution < 1.29 is 24.1 Å². The van der Waals surface area contributed by atoms with Crippen molar-refractivity contribution >= 4 is 5.91 Å².